The summed E-state index contributed by atoms with van der Waals surface area (Å²) in [4.78, 5) is 0.154. The highest BCUT2D eigenvalue weighted by Crippen LogP contribution is 2.13. The van der Waals surface area contributed by atoms with E-state index in [0.29, 0.717) is 5.69 Å². The third-order valence-electron chi connectivity index (χ3n) is 2.21. The Kier molecular flexibility index (Phi) is 3.16. The van der Waals surface area contributed by atoms with E-state index in [1.807, 2.05) is 0 Å². The van der Waals surface area contributed by atoms with Crippen molar-refractivity contribution in [3.05, 3.63) is 48.4 Å². The van der Waals surface area contributed by atoms with E-state index in [1.54, 1.807) is 18.2 Å². The van der Waals surface area contributed by atoms with Crippen LogP contribution in [0.4, 0.5) is 5.69 Å². The largest absolute Gasteiger partial charge is 0.472 e. The van der Waals surface area contributed by atoms with Crippen molar-refractivity contribution in [2.75, 3.05) is 5.73 Å². The number of sulfonamides is 1. The van der Waals surface area contributed by atoms with E-state index >= 15 is 0 Å². The average Bonchev–Trinajstić information content (AvgIpc) is 2.79. The van der Waals surface area contributed by atoms with Crippen LogP contribution in [-0.4, -0.2) is 8.42 Å². The maximum Gasteiger partial charge on any atom is 0.240 e. The third kappa shape index (κ3) is 2.86. The summed E-state index contributed by atoms with van der Waals surface area (Å²) in [5, 5.41) is 0. The highest BCUT2D eigenvalue weighted by atomic mass is 32.2. The van der Waals surface area contributed by atoms with Gasteiger partial charge >= 0.3 is 0 Å². The van der Waals surface area contributed by atoms with Crippen molar-refractivity contribution in [1.82, 2.24) is 4.72 Å². The molecular weight excluding hydrogens is 240 g/mol. The number of nitrogens with two attached hydrogens (primary N) is 1. The molecule has 17 heavy (non-hydrogen) atoms. The van der Waals surface area contributed by atoms with Gasteiger partial charge in [-0.3, -0.25) is 0 Å². The van der Waals surface area contributed by atoms with Crippen molar-refractivity contribution in [3.63, 3.8) is 0 Å². The van der Waals surface area contributed by atoms with E-state index in [9.17, 15) is 8.42 Å². The molecule has 1 aromatic heterocycles. The van der Waals surface area contributed by atoms with Gasteiger partial charge in [-0.1, -0.05) is 6.07 Å². The second-order valence-corrected chi connectivity index (χ2v) is 5.30. The average molecular weight is 252 g/mol. The topological polar surface area (TPSA) is 85.3 Å². The number of nitrogen functional groups attached to an aromatic ring is 1. The van der Waals surface area contributed by atoms with Crippen molar-refractivity contribution < 1.29 is 12.8 Å². The highest BCUT2D eigenvalue weighted by Gasteiger charge is 2.13. The van der Waals surface area contributed by atoms with E-state index < -0.39 is 10.0 Å². The lowest BCUT2D eigenvalue weighted by Gasteiger charge is -2.05. The van der Waals surface area contributed by atoms with Crippen molar-refractivity contribution in [3.8, 4) is 0 Å². The van der Waals surface area contributed by atoms with E-state index in [4.69, 9.17) is 10.2 Å². The first-order valence-corrected chi connectivity index (χ1v) is 6.42. The molecule has 0 radical (unpaired) electrons. The van der Waals surface area contributed by atoms with Crippen LogP contribution < -0.4 is 10.5 Å². The molecule has 1 heterocycles. The minimum atomic E-state index is -3.53. The van der Waals surface area contributed by atoms with Gasteiger partial charge in [-0.05, 0) is 24.3 Å². The molecule has 0 aliphatic heterocycles. The lowest BCUT2D eigenvalue weighted by atomic mass is 10.3. The number of anilines is 1. The van der Waals surface area contributed by atoms with Crippen LogP contribution in [0.2, 0.25) is 0 Å². The van der Waals surface area contributed by atoms with Crippen LogP contribution in [0.15, 0.2) is 52.2 Å². The summed E-state index contributed by atoms with van der Waals surface area (Å²) in [6.07, 6.45) is 2.98. The number of furan rings is 1. The Morgan fingerprint density at radius 2 is 2.12 bits per heavy atom. The van der Waals surface area contributed by atoms with Gasteiger partial charge in [0.15, 0.2) is 0 Å². The van der Waals surface area contributed by atoms with Gasteiger partial charge in [0.25, 0.3) is 0 Å². The fraction of sp³-hybridized carbons (Fsp3) is 0.0909. The standard InChI is InChI=1S/C11H12N2O3S/c12-10-2-1-3-11(6-10)17(14,15)13-7-9-4-5-16-8-9/h1-6,8,13H,7,12H2. The van der Waals surface area contributed by atoms with Gasteiger partial charge in [0.2, 0.25) is 10.0 Å². The van der Waals surface area contributed by atoms with Crippen molar-refractivity contribution in [1.29, 1.82) is 0 Å². The Bertz CT molecular complexity index is 591. The van der Waals surface area contributed by atoms with E-state index in [1.165, 1.54) is 24.7 Å². The molecule has 90 valence electrons. The molecule has 0 aliphatic carbocycles. The first-order chi connectivity index (χ1) is 8.08. The summed E-state index contributed by atoms with van der Waals surface area (Å²) in [7, 11) is -3.53. The fourth-order valence-corrected chi connectivity index (χ4v) is 2.41. The zero-order valence-electron chi connectivity index (χ0n) is 8.96. The molecule has 2 aromatic rings. The number of nitrogens with one attached hydrogen (secondary N) is 1. The SMILES string of the molecule is Nc1cccc(S(=O)(=O)NCc2ccoc2)c1. The second kappa shape index (κ2) is 4.60. The van der Waals surface area contributed by atoms with Crippen LogP contribution in [-0.2, 0) is 16.6 Å². The van der Waals surface area contributed by atoms with Crippen LogP contribution in [0.3, 0.4) is 0 Å². The molecule has 3 N–H and O–H groups in total. The summed E-state index contributed by atoms with van der Waals surface area (Å²) in [6.45, 7) is 0.188. The maximum atomic E-state index is 11.9. The monoisotopic (exact) mass is 252 g/mol. The Labute approximate surface area is 99.3 Å². The molecule has 0 saturated heterocycles. The first-order valence-electron chi connectivity index (χ1n) is 4.94. The molecule has 6 heteroatoms. The van der Waals surface area contributed by atoms with Crippen molar-refractivity contribution >= 4 is 15.7 Å². The molecule has 0 spiro atoms. The minimum Gasteiger partial charge on any atom is -0.472 e. The van der Waals surface area contributed by atoms with Crippen LogP contribution in [0, 0.1) is 0 Å². The number of benzene rings is 1. The van der Waals surface area contributed by atoms with Crippen LogP contribution in [0.1, 0.15) is 5.56 Å². The highest BCUT2D eigenvalue weighted by molar-refractivity contribution is 7.89. The van der Waals surface area contributed by atoms with Gasteiger partial charge in [-0.15, -0.1) is 0 Å². The van der Waals surface area contributed by atoms with Gasteiger partial charge in [-0.2, -0.15) is 0 Å². The Morgan fingerprint density at radius 1 is 1.29 bits per heavy atom. The molecule has 0 fully saturated rings. The smallest absolute Gasteiger partial charge is 0.240 e. The summed E-state index contributed by atoms with van der Waals surface area (Å²) >= 11 is 0. The molecule has 0 amide bonds. The van der Waals surface area contributed by atoms with Crippen LogP contribution >= 0.6 is 0 Å². The van der Waals surface area contributed by atoms with Crippen molar-refractivity contribution in [2.45, 2.75) is 11.4 Å². The molecule has 0 aliphatic rings. The molecule has 0 unspecified atom stereocenters. The molecular formula is C11H12N2O3S. The quantitative estimate of drug-likeness (QED) is 0.804. The second-order valence-electron chi connectivity index (χ2n) is 3.53. The lowest BCUT2D eigenvalue weighted by molar-refractivity contribution is 0.561. The predicted octanol–water partition coefficient (Wildman–Crippen LogP) is 1.34. The van der Waals surface area contributed by atoms with Gasteiger partial charge < -0.3 is 10.2 Å². The zero-order valence-corrected chi connectivity index (χ0v) is 9.78. The Hall–Kier alpha value is -1.79. The number of hydrogen-bond donors (Lipinski definition) is 2. The van der Waals surface area contributed by atoms with Gasteiger partial charge in [0.1, 0.15) is 0 Å². The molecule has 2 rings (SSSR count). The minimum absolute atomic E-state index is 0.154. The molecule has 5 nitrogen and oxygen atoms in total. The Morgan fingerprint density at radius 3 is 2.76 bits per heavy atom. The number of rotatable bonds is 4. The maximum absolute atomic E-state index is 11.9. The van der Waals surface area contributed by atoms with Crippen molar-refractivity contribution in [2.24, 2.45) is 0 Å². The van der Waals surface area contributed by atoms with E-state index in [-0.39, 0.29) is 11.4 Å². The van der Waals surface area contributed by atoms with Gasteiger partial charge in [-0.25, -0.2) is 13.1 Å². The first kappa shape index (κ1) is 11.7. The van der Waals surface area contributed by atoms with Crippen LogP contribution in [0.25, 0.3) is 0 Å². The molecule has 0 saturated carbocycles. The van der Waals surface area contributed by atoms with Gasteiger partial charge in [0, 0.05) is 17.8 Å². The zero-order chi connectivity index (χ0) is 12.3. The predicted molar refractivity (Wildman–Crippen MR) is 63.6 cm³/mol. The summed E-state index contributed by atoms with van der Waals surface area (Å²) < 4.78 is 31.1. The summed E-state index contributed by atoms with van der Waals surface area (Å²) in [6, 6.07) is 7.84. The fourth-order valence-electron chi connectivity index (χ4n) is 1.34. The summed E-state index contributed by atoms with van der Waals surface area (Å²) in [5.74, 6) is 0. The Balaban J connectivity index is 2.14. The van der Waals surface area contributed by atoms with E-state index in [0.717, 1.165) is 5.56 Å². The molecule has 1 aromatic carbocycles. The normalized spacial score (nSPS) is 11.5. The number of hydrogen-bond acceptors (Lipinski definition) is 4. The van der Waals surface area contributed by atoms with E-state index in [2.05, 4.69) is 4.72 Å². The van der Waals surface area contributed by atoms with Crippen LogP contribution in [0.5, 0.6) is 0 Å². The third-order valence-corrected chi connectivity index (χ3v) is 3.61. The lowest BCUT2D eigenvalue weighted by Crippen LogP contribution is -2.23. The molecule has 0 atom stereocenters. The van der Waals surface area contributed by atoms with Gasteiger partial charge in [0.05, 0.1) is 17.4 Å². The summed E-state index contributed by atoms with van der Waals surface area (Å²) in [5.41, 5.74) is 6.71. The molecule has 0 bridgehead atoms.